The summed E-state index contributed by atoms with van der Waals surface area (Å²) < 4.78 is 21.2. The van der Waals surface area contributed by atoms with E-state index in [0.717, 1.165) is 0 Å². The van der Waals surface area contributed by atoms with Gasteiger partial charge < -0.3 is 20.7 Å². The van der Waals surface area contributed by atoms with Crippen LogP contribution in [0.1, 0.15) is 11.8 Å². The number of hydrogen-bond acceptors (Lipinski definition) is 7. The van der Waals surface area contributed by atoms with Crippen molar-refractivity contribution in [2.45, 2.75) is 24.0 Å². The van der Waals surface area contributed by atoms with E-state index in [2.05, 4.69) is 21.6 Å². The van der Waals surface area contributed by atoms with Gasteiger partial charge in [0.2, 0.25) is 0 Å². The molecule has 21 heavy (non-hydrogen) atoms. The molecule has 112 valence electrons. The molecule has 1 aliphatic heterocycles. The number of alkyl halides is 1. The molecule has 0 unspecified atom stereocenters. The Labute approximate surface area is 118 Å². The van der Waals surface area contributed by atoms with Crippen LogP contribution in [0.5, 0.6) is 0 Å². The van der Waals surface area contributed by atoms with E-state index < -0.39 is 30.6 Å². The molecule has 0 spiro atoms. The second-order valence-electron chi connectivity index (χ2n) is 4.81. The smallest absolute Gasteiger partial charge is 0.196 e. The lowest BCUT2D eigenvalue weighted by Gasteiger charge is -2.25. The second kappa shape index (κ2) is 4.72. The molecule has 3 rings (SSSR count). The van der Waals surface area contributed by atoms with E-state index in [1.165, 1.54) is 23.1 Å². The molecule has 1 saturated heterocycles. The Morgan fingerprint density at radius 2 is 2.33 bits per heavy atom. The van der Waals surface area contributed by atoms with Crippen molar-refractivity contribution in [3.8, 4) is 0 Å². The van der Waals surface area contributed by atoms with Crippen LogP contribution in [0.4, 0.5) is 10.2 Å². The number of nitrogens with zero attached hydrogens (tertiary/aromatic N) is 4. The number of nitrogens with two attached hydrogens (primary N) is 1. The molecule has 8 nitrogen and oxygen atoms in total. The number of ether oxygens (including phenoxy) is 1. The summed E-state index contributed by atoms with van der Waals surface area (Å²) in [5, 5.41) is 23.3. The van der Waals surface area contributed by atoms with Crippen molar-refractivity contribution in [1.82, 2.24) is 19.6 Å². The van der Waals surface area contributed by atoms with E-state index in [4.69, 9.17) is 10.5 Å². The minimum atomic E-state index is -1.77. The molecular weight excluding hydrogens is 281 g/mol. The molecule has 1 fully saturated rings. The predicted octanol–water partition coefficient (Wildman–Crippen LogP) is -0.606. The molecule has 0 radical (unpaired) electrons. The number of anilines is 1. The first kappa shape index (κ1) is 13.9. The van der Waals surface area contributed by atoms with Crippen LogP contribution in [0, 0.1) is 0 Å². The lowest BCUT2D eigenvalue weighted by Crippen LogP contribution is -2.43. The van der Waals surface area contributed by atoms with Crippen LogP contribution < -0.4 is 5.73 Å². The van der Waals surface area contributed by atoms with E-state index >= 15 is 0 Å². The molecule has 0 aliphatic carbocycles. The summed E-state index contributed by atoms with van der Waals surface area (Å²) in [5.74, 6) is 0.141. The van der Waals surface area contributed by atoms with Crippen molar-refractivity contribution < 1.29 is 19.3 Å². The molecule has 1 aliphatic rings. The summed E-state index contributed by atoms with van der Waals surface area (Å²) in [6.07, 6.45) is -0.730. The maximum Gasteiger partial charge on any atom is 0.196 e. The highest BCUT2D eigenvalue weighted by molar-refractivity contribution is 5.58. The molecule has 0 amide bonds. The third kappa shape index (κ3) is 1.82. The topological polar surface area (TPSA) is 119 Å². The zero-order valence-electron chi connectivity index (χ0n) is 10.9. The standard InChI is InChI=1S/C12H14FN5O3/c1-2-12(4-19)9(20)7(13)8(21-12)6-3-15-11-10(14)16-5-17-18(6)11/h2-3,5,7-9,19-20H,1,4H2,(H2,14,16,17)/t7-,8-,9-,12+/m0/s1. The van der Waals surface area contributed by atoms with Gasteiger partial charge in [-0.2, -0.15) is 5.10 Å². The Kier molecular flexibility index (Phi) is 3.12. The summed E-state index contributed by atoms with van der Waals surface area (Å²) in [7, 11) is 0. The first-order valence-corrected chi connectivity index (χ1v) is 6.22. The van der Waals surface area contributed by atoms with Gasteiger partial charge in [-0.3, -0.25) is 0 Å². The van der Waals surface area contributed by atoms with Gasteiger partial charge in [0.15, 0.2) is 17.6 Å². The lowest BCUT2D eigenvalue weighted by atomic mass is 9.96. The number of halogens is 1. The summed E-state index contributed by atoms with van der Waals surface area (Å²) >= 11 is 0. The zero-order valence-corrected chi connectivity index (χ0v) is 10.9. The Hall–Kier alpha value is -2.10. The van der Waals surface area contributed by atoms with Gasteiger partial charge in [-0.1, -0.05) is 6.08 Å². The fraction of sp³-hybridized carbons (Fsp3) is 0.417. The molecule has 0 aromatic carbocycles. The highest BCUT2D eigenvalue weighted by atomic mass is 19.1. The number of aliphatic hydroxyl groups is 2. The van der Waals surface area contributed by atoms with Gasteiger partial charge in [0.1, 0.15) is 24.1 Å². The fourth-order valence-electron chi connectivity index (χ4n) is 2.44. The highest BCUT2D eigenvalue weighted by Crippen LogP contribution is 2.42. The molecule has 4 N–H and O–H groups in total. The zero-order chi connectivity index (χ0) is 15.2. The van der Waals surface area contributed by atoms with Crippen LogP contribution in [0.2, 0.25) is 0 Å². The van der Waals surface area contributed by atoms with Gasteiger partial charge >= 0.3 is 0 Å². The first-order chi connectivity index (χ1) is 10.0. The van der Waals surface area contributed by atoms with Crippen LogP contribution in [-0.4, -0.2) is 54.3 Å². The fourth-order valence-corrected chi connectivity index (χ4v) is 2.44. The van der Waals surface area contributed by atoms with E-state index in [9.17, 15) is 14.6 Å². The van der Waals surface area contributed by atoms with Crippen molar-refractivity contribution in [2.24, 2.45) is 0 Å². The number of aromatic nitrogens is 4. The van der Waals surface area contributed by atoms with Crippen LogP contribution in [0.3, 0.4) is 0 Å². The highest BCUT2D eigenvalue weighted by Gasteiger charge is 2.54. The average Bonchev–Trinajstić information content (AvgIpc) is 3.02. The van der Waals surface area contributed by atoms with Crippen molar-refractivity contribution in [3.63, 3.8) is 0 Å². The van der Waals surface area contributed by atoms with Crippen molar-refractivity contribution in [3.05, 3.63) is 30.9 Å². The van der Waals surface area contributed by atoms with Gasteiger partial charge in [-0.25, -0.2) is 18.9 Å². The van der Waals surface area contributed by atoms with E-state index in [1.807, 2.05) is 0 Å². The Balaban J connectivity index is 2.08. The minimum absolute atomic E-state index is 0.141. The molecule has 2 aromatic rings. The Bertz CT molecular complexity index is 693. The van der Waals surface area contributed by atoms with Gasteiger partial charge in [-0.15, -0.1) is 6.58 Å². The molecule has 2 aromatic heterocycles. The van der Waals surface area contributed by atoms with Gasteiger partial charge in [0, 0.05) is 0 Å². The normalized spacial score (nSPS) is 32.6. The molecular formula is C12H14FN5O3. The molecule has 9 heteroatoms. The summed E-state index contributed by atoms with van der Waals surface area (Å²) in [6, 6.07) is 0. The third-order valence-corrected chi connectivity index (χ3v) is 3.68. The number of aliphatic hydroxyl groups excluding tert-OH is 2. The number of hydrogen-bond donors (Lipinski definition) is 3. The van der Waals surface area contributed by atoms with Crippen LogP contribution >= 0.6 is 0 Å². The maximum absolute atomic E-state index is 14.4. The van der Waals surface area contributed by atoms with Gasteiger partial charge in [-0.05, 0) is 0 Å². The Morgan fingerprint density at radius 3 is 2.95 bits per heavy atom. The quantitative estimate of drug-likeness (QED) is 0.646. The second-order valence-corrected chi connectivity index (χ2v) is 4.81. The summed E-state index contributed by atoms with van der Waals surface area (Å²) in [5.41, 5.74) is 4.63. The third-order valence-electron chi connectivity index (χ3n) is 3.68. The number of nitrogen functional groups attached to an aromatic ring is 1. The van der Waals surface area contributed by atoms with Gasteiger partial charge in [0.25, 0.3) is 0 Å². The Morgan fingerprint density at radius 1 is 1.57 bits per heavy atom. The molecule has 3 heterocycles. The van der Waals surface area contributed by atoms with E-state index in [1.54, 1.807) is 0 Å². The average molecular weight is 295 g/mol. The number of imidazole rings is 1. The van der Waals surface area contributed by atoms with Crippen molar-refractivity contribution in [2.75, 3.05) is 12.3 Å². The number of rotatable bonds is 3. The monoisotopic (exact) mass is 295 g/mol. The lowest BCUT2D eigenvalue weighted by molar-refractivity contribution is -0.0798. The maximum atomic E-state index is 14.4. The first-order valence-electron chi connectivity index (χ1n) is 6.22. The number of fused-ring (bicyclic) bond motifs is 1. The van der Waals surface area contributed by atoms with E-state index in [0.29, 0.717) is 0 Å². The van der Waals surface area contributed by atoms with Crippen molar-refractivity contribution >= 4 is 11.5 Å². The minimum Gasteiger partial charge on any atom is -0.393 e. The molecule has 4 atom stereocenters. The summed E-state index contributed by atoms with van der Waals surface area (Å²) in [4.78, 5) is 7.80. The largest absolute Gasteiger partial charge is 0.393 e. The SMILES string of the molecule is C=C[C@]1(CO)O[C@@H](c2cnc3c(N)ncnn23)[C@H](F)[C@@H]1O. The van der Waals surface area contributed by atoms with Crippen LogP contribution in [-0.2, 0) is 4.74 Å². The van der Waals surface area contributed by atoms with Crippen LogP contribution in [0.15, 0.2) is 25.2 Å². The van der Waals surface area contributed by atoms with Crippen LogP contribution in [0.25, 0.3) is 5.65 Å². The van der Waals surface area contributed by atoms with Crippen molar-refractivity contribution in [1.29, 1.82) is 0 Å². The van der Waals surface area contributed by atoms with Gasteiger partial charge in [0.05, 0.1) is 18.5 Å². The predicted molar refractivity (Wildman–Crippen MR) is 69.9 cm³/mol. The van der Waals surface area contributed by atoms with E-state index in [-0.39, 0.29) is 17.2 Å². The molecule has 0 saturated carbocycles. The summed E-state index contributed by atoms with van der Waals surface area (Å²) in [6.45, 7) is 2.89. The molecule has 0 bridgehead atoms.